The lowest BCUT2D eigenvalue weighted by atomic mass is 9.82. The maximum atomic E-state index is 13.0. The predicted octanol–water partition coefficient (Wildman–Crippen LogP) is 5.71. The van der Waals surface area contributed by atoms with Crippen molar-refractivity contribution in [2.45, 2.75) is 69.4 Å². The normalized spacial score (nSPS) is 21.6. The van der Waals surface area contributed by atoms with E-state index in [0.717, 1.165) is 54.4 Å². The van der Waals surface area contributed by atoms with Crippen LogP contribution in [0.25, 0.3) is 0 Å². The van der Waals surface area contributed by atoms with Gasteiger partial charge in [0, 0.05) is 25.2 Å². The van der Waals surface area contributed by atoms with Crippen molar-refractivity contribution in [3.63, 3.8) is 0 Å². The second-order valence-electron chi connectivity index (χ2n) is 10.9. The Bertz CT molecular complexity index is 1080. The fourth-order valence-electron chi connectivity index (χ4n) is 4.79. The van der Waals surface area contributed by atoms with E-state index >= 15 is 0 Å². The zero-order chi connectivity index (χ0) is 24.5. The largest absolute Gasteiger partial charge is 0.490 e. The van der Waals surface area contributed by atoms with Crippen molar-refractivity contribution >= 4 is 21.6 Å². The van der Waals surface area contributed by atoms with Crippen molar-refractivity contribution in [2.24, 2.45) is 5.92 Å². The molecule has 0 atom stereocenters. The Hall–Kier alpha value is -1.60. The van der Waals surface area contributed by atoms with Gasteiger partial charge in [-0.1, -0.05) is 50.6 Å². The highest BCUT2D eigenvalue weighted by Gasteiger charge is 2.34. The molecule has 5 nitrogen and oxygen atoms in total. The van der Waals surface area contributed by atoms with Crippen LogP contribution in [-0.4, -0.2) is 50.4 Å². The minimum Gasteiger partial charge on any atom is -0.490 e. The van der Waals surface area contributed by atoms with E-state index in [1.807, 2.05) is 24.3 Å². The Morgan fingerprint density at radius 1 is 1.06 bits per heavy atom. The summed E-state index contributed by atoms with van der Waals surface area (Å²) in [6.07, 6.45) is 4.32. The fourth-order valence-corrected chi connectivity index (χ4v) is 6.27. The molecule has 1 heterocycles. The highest BCUT2D eigenvalue weighted by molar-refractivity contribution is 7.89. The zero-order valence-corrected chi connectivity index (χ0v) is 22.3. The quantitative estimate of drug-likeness (QED) is 0.462. The van der Waals surface area contributed by atoms with E-state index in [1.54, 1.807) is 19.2 Å². The van der Waals surface area contributed by atoms with E-state index in [0.29, 0.717) is 17.4 Å². The van der Waals surface area contributed by atoms with Gasteiger partial charge in [0.15, 0.2) is 0 Å². The van der Waals surface area contributed by atoms with Gasteiger partial charge in [0.1, 0.15) is 5.75 Å². The highest BCUT2D eigenvalue weighted by Crippen LogP contribution is 2.34. The van der Waals surface area contributed by atoms with E-state index in [4.69, 9.17) is 16.3 Å². The summed E-state index contributed by atoms with van der Waals surface area (Å²) in [5, 5.41) is 0.753. The number of hydrogen-bond acceptors (Lipinski definition) is 4. The van der Waals surface area contributed by atoms with Gasteiger partial charge >= 0.3 is 0 Å². The lowest BCUT2D eigenvalue weighted by Crippen LogP contribution is -2.41. The van der Waals surface area contributed by atoms with Crippen LogP contribution in [0, 0.1) is 5.92 Å². The molecule has 2 aliphatic rings. The third-order valence-electron chi connectivity index (χ3n) is 7.06. The van der Waals surface area contributed by atoms with Crippen LogP contribution in [0.15, 0.2) is 47.4 Å². The average Bonchev–Trinajstić information content (AvgIpc) is 3.26. The summed E-state index contributed by atoms with van der Waals surface area (Å²) in [4.78, 5) is 2.78. The molecule has 4 rings (SSSR count). The molecular formula is C27H37ClN2O3S. The topological polar surface area (TPSA) is 49.9 Å². The van der Waals surface area contributed by atoms with Gasteiger partial charge in [-0.25, -0.2) is 12.7 Å². The van der Waals surface area contributed by atoms with Crippen molar-refractivity contribution in [3.8, 4) is 5.75 Å². The second-order valence-corrected chi connectivity index (χ2v) is 13.3. The van der Waals surface area contributed by atoms with Gasteiger partial charge < -0.3 is 4.74 Å². The van der Waals surface area contributed by atoms with Gasteiger partial charge in [-0.2, -0.15) is 0 Å². The van der Waals surface area contributed by atoms with E-state index in [-0.39, 0.29) is 11.5 Å². The van der Waals surface area contributed by atoms with Crippen LogP contribution in [0.1, 0.15) is 57.6 Å². The lowest BCUT2D eigenvalue weighted by molar-refractivity contribution is 0.0575. The predicted molar refractivity (Wildman–Crippen MR) is 138 cm³/mol. The number of nitrogens with zero attached hydrogens (tertiary/aromatic N) is 2. The maximum absolute atomic E-state index is 13.0. The Labute approximate surface area is 210 Å². The van der Waals surface area contributed by atoms with Gasteiger partial charge in [0.25, 0.3) is 0 Å². The van der Waals surface area contributed by atoms with Crippen molar-refractivity contribution in [3.05, 3.63) is 58.6 Å². The van der Waals surface area contributed by atoms with Crippen LogP contribution >= 0.6 is 11.6 Å². The van der Waals surface area contributed by atoms with Crippen LogP contribution < -0.4 is 4.74 Å². The zero-order valence-electron chi connectivity index (χ0n) is 20.8. The first kappa shape index (κ1) is 25.5. The first-order chi connectivity index (χ1) is 16.0. The minimum absolute atomic E-state index is 0.00638. The molecule has 2 aromatic carbocycles. The van der Waals surface area contributed by atoms with Crippen LogP contribution in [0.2, 0.25) is 5.02 Å². The minimum atomic E-state index is -3.50. The number of benzene rings is 2. The summed E-state index contributed by atoms with van der Waals surface area (Å²) in [6.45, 7) is 10.0. The molecule has 1 saturated heterocycles. The molecular weight excluding hydrogens is 468 g/mol. The molecule has 186 valence electrons. The number of halogens is 1. The molecule has 0 spiro atoms. The van der Waals surface area contributed by atoms with Gasteiger partial charge in [-0.3, -0.25) is 4.90 Å². The van der Waals surface area contributed by atoms with Gasteiger partial charge in [0.2, 0.25) is 10.0 Å². The molecule has 1 aliphatic carbocycles. The maximum Gasteiger partial charge on any atom is 0.242 e. The van der Waals surface area contributed by atoms with Gasteiger partial charge in [-0.05, 0) is 85.5 Å². The SMILES string of the molecule is CN(CC1CC(Oc2ccc(CN3CCCC3)c(Cl)c2)C1)S(=O)(=O)c1ccc(C(C)(C)C)cc1. The van der Waals surface area contributed by atoms with E-state index in [1.165, 1.54) is 17.1 Å². The third-order valence-corrected chi connectivity index (χ3v) is 9.25. The molecule has 0 radical (unpaired) electrons. The molecule has 2 fully saturated rings. The first-order valence-corrected chi connectivity index (χ1v) is 14.1. The monoisotopic (exact) mass is 504 g/mol. The summed E-state index contributed by atoms with van der Waals surface area (Å²) in [6, 6.07) is 13.2. The highest BCUT2D eigenvalue weighted by atomic mass is 35.5. The second kappa shape index (κ2) is 10.2. The van der Waals surface area contributed by atoms with Crippen LogP contribution in [0.3, 0.4) is 0 Å². The smallest absolute Gasteiger partial charge is 0.242 e. The Morgan fingerprint density at radius 2 is 1.71 bits per heavy atom. The fraction of sp³-hybridized carbons (Fsp3) is 0.556. The van der Waals surface area contributed by atoms with E-state index in [2.05, 4.69) is 31.7 Å². The molecule has 0 bridgehead atoms. The number of sulfonamides is 1. The lowest BCUT2D eigenvalue weighted by Gasteiger charge is -2.37. The third kappa shape index (κ3) is 5.96. The first-order valence-electron chi connectivity index (χ1n) is 12.3. The Morgan fingerprint density at radius 3 is 2.29 bits per heavy atom. The van der Waals surface area contributed by atoms with Crippen molar-refractivity contribution < 1.29 is 13.2 Å². The van der Waals surface area contributed by atoms with Crippen LogP contribution in [0.5, 0.6) is 5.75 Å². The molecule has 1 saturated carbocycles. The number of likely N-dealkylation sites (tertiary alicyclic amines) is 1. The molecule has 0 N–H and O–H groups in total. The van der Waals surface area contributed by atoms with Crippen molar-refractivity contribution in [1.82, 2.24) is 9.21 Å². The number of rotatable bonds is 8. The van der Waals surface area contributed by atoms with Crippen molar-refractivity contribution in [2.75, 3.05) is 26.7 Å². The molecule has 0 amide bonds. The van der Waals surface area contributed by atoms with Crippen molar-refractivity contribution in [1.29, 1.82) is 0 Å². The van der Waals surface area contributed by atoms with Gasteiger partial charge in [-0.15, -0.1) is 0 Å². The summed E-state index contributed by atoms with van der Waals surface area (Å²) < 4.78 is 33.6. The molecule has 7 heteroatoms. The Balaban J connectivity index is 1.27. The summed E-state index contributed by atoms with van der Waals surface area (Å²) in [5.41, 5.74) is 2.26. The van der Waals surface area contributed by atoms with Crippen LogP contribution in [0.4, 0.5) is 0 Å². The summed E-state index contributed by atoms with van der Waals surface area (Å²) >= 11 is 6.51. The van der Waals surface area contributed by atoms with E-state index < -0.39 is 10.0 Å². The number of ether oxygens (including phenoxy) is 1. The summed E-state index contributed by atoms with van der Waals surface area (Å²) in [7, 11) is -1.83. The molecule has 1 aliphatic heterocycles. The summed E-state index contributed by atoms with van der Waals surface area (Å²) in [5.74, 6) is 1.09. The van der Waals surface area contributed by atoms with Gasteiger partial charge in [0.05, 0.1) is 11.0 Å². The molecule has 34 heavy (non-hydrogen) atoms. The molecule has 0 aromatic heterocycles. The number of hydrogen-bond donors (Lipinski definition) is 0. The molecule has 2 aromatic rings. The average molecular weight is 505 g/mol. The Kier molecular flexibility index (Phi) is 7.63. The molecule has 0 unspecified atom stereocenters. The van der Waals surface area contributed by atoms with Crippen LogP contribution in [-0.2, 0) is 22.0 Å². The van der Waals surface area contributed by atoms with E-state index in [9.17, 15) is 8.42 Å². The standard InChI is InChI=1S/C27H37ClN2O3S/c1-27(2,3)22-8-11-25(12-9-22)34(31,32)29(4)18-20-15-24(16-20)33-23-10-7-21(26(28)17-23)19-30-13-5-6-14-30/h7-12,17,20,24H,5-6,13-16,18-19H2,1-4H3.